The van der Waals surface area contributed by atoms with Gasteiger partial charge in [0.2, 0.25) is 9.84 Å². The van der Waals surface area contributed by atoms with Gasteiger partial charge in [0, 0.05) is 23.5 Å². The van der Waals surface area contributed by atoms with Gasteiger partial charge in [0.25, 0.3) is 0 Å². The van der Waals surface area contributed by atoms with Crippen molar-refractivity contribution in [2.24, 2.45) is 5.92 Å². The van der Waals surface area contributed by atoms with Crippen molar-refractivity contribution in [2.75, 3.05) is 23.3 Å². The van der Waals surface area contributed by atoms with Gasteiger partial charge in [-0.15, -0.1) is 0 Å². The lowest BCUT2D eigenvalue weighted by Gasteiger charge is -2.38. The summed E-state index contributed by atoms with van der Waals surface area (Å²) in [7, 11) is -3.72. The molecule has 1 heterocycles. The minimum atomic E-state index is -3.72. The molecule has 162 valence electrons. The van der Waals surface area contributed by atoms with E-state index in [0.717, 1.165) is 22.4 Å². The molecule has 0 radical (unpaired) electrons. The minimum Gasteiger partial charge on any atom is -0.366 e. The number of rotatable bonds is 5. The van der Waals surface area contributed by atoms with E-state index < -0.39 is 9.84 Å². The van der Waals surface area contributed by atoms with Crippen molar-refractivity contribution >= 4 is 37.0 Å². The summed E-state index contributed by atoms with van der Waals surface area (Å²) in [6, 6.07) is 26.0. The van der Waals surface area contributed by atoms with Crippen molar-refractivity contribution in [3.63, 3.8) is 0 Å². The Hall–Kier alpha value is -2.88. The zero-order valence-corrected chi connectivity index (χ0v) is 20.1. The van der Waals surface area contributed by atoms with E-state index >= 15 is 0 Å². The third kappa shape index (κ3) is 4.23. The van der Waals surface area contributed by atoms with Crippen LogP contribution in [-0.2, 0) is 9.84 Å². The molecule has 3 aromatic rings. The van der Waals surface area contributed by atoms with Crippen molar-refractivity contribution < 1.29 is 8.42 Å². The van der Waals surface area contributed by atoms with Crippen LogP contribution in [0.1, 0.15) is 16.7 Å². The highest BCUT2D eigenvalue weighted by atomic mass is 79.9. The first-order valence-electron chi connectivity index (χ1n) is 10.4. The van der Waals surface area contributed by atoms with Crippen molar-refractivity contribution in [3.8, 4) is 6.07 Å². The van der Waals surface area contributed by atoms with E-state index in [4.69, 9.17) is 0 Å². The molecular weight excluding hydrogens is 484 g/mol. The molecule has 0 aromatic heterocycles. The standard InChI is InChI=1S/C26H23BrN2O2S/c1-19-7-5-6-10-24(19)29-17-22(15-27)26(21-13-11-20(16-28)12-14-21)25(18-29)32(30,31)23-8-3-2-4-9-23/h2-14,22H,15,17-18H2,1H3. The molecule has 6 heteroatoms. The van der Waals surface area contributed by atoms with E-state index in [0.29, 0.717) is 33.8 Å². The average Bonchev–Trinajstić information content (AvgIpc) is 2.84. The van der Waals surface area contributed by atoms with Crippen LogP contribution in [0.5, 0.6) is 0 Å². The summed E-state index contributed by atoms with van der Waals surface area (Å²) >= 11 is 3.64. The highest BCUT2D eigenvalue weighted by Crippen LogP contribution is 2.40. The third-order valence-corrected chi connectivity index (χ3v) is 8.50. The molecule has 1 unspecified atom stereocenters. The van der Waals surface area contributed by atoms with Gasteiger partial charge in [0.1, 0.15) is 0 Å². The number of hydrogen-bond acceptors (Lipinski definition) is 4. The molecule has 1 aliphatic heterocycles. The van der Waals surface area contributed by atoms with Gasteiger partial charge in [-0.2, -0.15) is 5.26 Å². The van der Waals surface area contributed by atoms with E-state index in [9.17, 15) is 13.7 Å². The third-order valence-electron chi connectivity index (χ3n) is 5.83. The van der Waals surface area contributed by atoms with E-state index in [1.807, 2.05) is 49.4 Å². The number of anilines is 1. The summed E-state index contributed by atoms with van der Waals surface area (Å²) in [5.41, 5.74) is 4.36. The minimum absolute atomic E-state index is 0.0372. The summed E-state index contributed by atoms with van der Waals surface area (Å²) in [4.78, 5) is 2.86. The lowest BCUT2D eigenvalue weighted by Crippen LogP contribution is -2.40. The first-order chi connectivity index (χ1) is 15.5. The van der Waals surface area contributed by atoms with Crippen molar-refractivity contribution in [1.82, 2.24) is 0 Å². The van der Waals surface area contributed by atoms with Crippen LogP contribution in [0.2, 0.25) is 0 Å². The van der Waals surface area contributed by atoms with Crippen LogP contribution in [-0.4, -0.2) is 26.8 Å². The van der Waals surface area contributed by atoms with Crippen LogP contribution in [0.4, 0.5) is 5.69 Å². The molecular formula is C26H23BrN2O2S. The molecule has 1 aliphatic rings. The second-order valence-corrected chi connectivity index (χ2v) is 10.5. The Labute approximate surface area is 197 Å². The molecule has 0 saturated carbocycles. The number of alkyl halides is 1. The molecule has 3 aromatic carbocycles. The zero-order valence-electron chi connectivity index (χ0n) is 17.7. The van der Waals surface area contributed by atoms with Crippen LogP contribution in [0.3, 0.4) is 0 Å². The number of nitriles is 1. The predicted octanol–water partition coefficient (Wildman–Crippen LogP) is 5.58. The fraction of sp³-hybridized carbons (Fsp3) is 0.192. The Morgan fingerprint density at radius 3 is 2.28 bits per heavy atom. The Bertz CT molecular complexity index is 1290. The summed E-state index contributed by atoms with van der Waals surface area (Å²) in [5.74, 6) is -0.0372. The summed E-state index contributed by atoms with van der Waals surface area (Å²) in [6.07, 6.45) is 0. The van der Waals surface area contributed by atoms with Gasteiger partial charge >= 0.3 is 0 Å². The molecule has 4 rings (SSSR count). The molecule has 0 aliphatic carbocycles. The lowest BCUT2D eigenvalue weighted by molar-refractivity contribution is 0.596. The monoisotopic (exact) mass is 506 g/mol. The van der Waals surface area contributed by atoms with Gasteiger partial charge < -0.3 is 4.90 Å². The van der Waals surface area contributed by atoms with Gasteiger partial charge in [0.15, 0.2) is 0 Å². The maximum Gasteiger partial charge on any atom is 0.204 e. The van der Waals surface area contributed by atoms with Crippen molar-refractivity contribution in [2.45, 2.75) is 11.8 Å². The second kappa shape index (κ2) is 9.32. The van der Waals surface area contributed by atoms with Crippen LogP contribution < -0.4 is 4.90 Å². The number of hydrogen-bond donors (Lipinski definition) is 0. The molecule has 0 saturated heterocycles. The number of sulfone groups is 1. The molecule has 1 atom stereocenters. The van der Waals surface area contributed by atoms with E-state index in [2.05, 4.69) is 26.9 Å². The first kappa shape index (κ1) is 22.3. The molecule has 0 spiro atoms. The lowest BCUT2D eigenvalue weighted by atomic mass is 9.89. The maximum atomic E-state index is 13.9. The molecule has 4 nitrogen and oxygen atoms in total. The summed E-state index contributed by atoms with van der Waals surface area (Å²) in [5, 5.41) is 9.81. The first-order valence-corrected chi connectivity index (χ1v) is 13.0. The zero-order chi connectivity index (χ0) is 22.7. The average molecular weight is 507 g/mol. The quantitative estimate of drug-likeness (QED) is 0.423. The Balaban J connectivity index is 1.93. The van der Waals surface area contributed by atoms with Crippen molar-refractivity contribution in [1.29, 1.82) is 5.26 Å². The maximum absolute atomic E-state index is 13.9. The Morgan fingerprint density at radius 1 is 1.00 bits per heavy atom. The van der Waals surface area contributed by atoms with Gasteiger partial charge in [-0.05, 0) is 54.0 Å². The van der Waals surface area contributed by atoms with E-state index in [1.54, 1.807) is 36.4 Å². The summed E-state index contributed by atoms with van der Waals surface area (Å²) in [6.45, 7) is 3.03. The second-order valence-electron chi connectivity index (χ2n) is 7.86. The number of benzene rings is 3. The molecule has 32 heavy (non-hydrogen) atoms. The highest BCUT2D eigenvalue weighted by molar-refractivity contribution is 9.09. The van der Waals surface area contributed by atoms with Gasteiger partial charge in [-0.3, -0.25) is 0 Å². The molecule has 0 fully saturated rings. The van der Waals surface area contributed by atoms with Crippen LogP contribution in [0.25, 0.3) is 5.57 Å². The number of halogens is 1. The molecule has 0 N–H and O–H groups in total. The van der Waals surface area contributed by atoms with E-state index in [1.165, 1.54) is 0 Å². The van der Waals surface area contributed by atoms with Gasteiger partial charge in [0.05, 0.1) is 28.0 Å². The SMILES string of the molecule is Cc1ccccc1N1CC(S(=O)(=O)c2ccccc2)=C(c2ccc(C#N)cc2)C(CBr)C1. The topological polar surface area (TPSA) is 61.2 Å². The Kier molecular flexibility index (Phi) is 6.50. The van der Waals surface area contributed by atoms with Crippen LogP contribution in [0, 0.1) is 24.2 Å². The van der Waals surface area contributed by atoms with E-state index in [-0.39, 0.29) is 5.92 Å². The predicted molar refractivity (Wildman–Crippen MR) is 132 cm³/mol. The Morgan fingerprint density at radius 2 is 1.66 bits per heavy atom. The number of aryl methyl sites for hydroxylation is 1. The largest absolute Gasteiger partial charge is 0.366 e. The van der Waals surface area contributed by atoms with Crippen LogP contribution in [0.15, 0.2) is 88.7 Å². The summed E-state index contributed by atoms with van der Waals surface area (Å²) < 4.78 is 27.7. The number of nitrogens with zero attached hydrogens (tertiary/aromatic N) is 2. The number of para-hydroxylation sites is 1. The normalized spacial score (nSPS) is 16.7. The van der Waals surface area contributed by atoms with Gasteiger partial charge in [-0.1, -0.05) is 64.5 Å². The smallest absolute Gasteiger partial charge is 0.204 e. The molecule has 0 bridgehead atoms. The molecule has 0 amide bonds. The fourth-order valence-electron chi connectivity index (χ4n) is 4.23. The van der Waals surface area contributed by atoms with Crippen molar-refractivity contribution in [3.05, 3.63) is 100 Å². The highest BCUT2D eigenvalue weighted by Gasteiger charge is 2.35. The van der Waals surface area contributed by atoms with Gasteiger partial charge in [-0.25, -0.2) is 8.42 Å². The fourth-order valence-corrected chi connectivity index (χ4v) is 6.46. The van der Waals surface area contributed by atoms with Crippen LogP contribution >= 0.6 is 15.9 Å².